The Labute approximate surface area is 154 Å². The average Bonchev–Trinajstić information content (AvgIpc) is 2.62. The van der Waals surface area contributed by atoms with Crippen molar-refractivity contribution in [2.75, 3.05) is 10.6 Å². The number of benzene rings is 2. The van der Waals surface area contributed by atoms with Crippen LogP contribution >= 0.6 is 0 Å². The first-order chi connectivity index (χ1) is 12.4. The molecule has 1 aromatic heterocycles. The van der Waals surface area contributed by atoms with Crippen molar-refractivity contribution in [2.45, 2.75) is 39.2 Å². The largest absolute Gasteiger partial charge is 0.362 e. The third kappa shape index (κ3) is 4.36. The first-order valence-corrected chi connectivity index (χ1v) is 8.81. The molecule has 0 saturated carbocycles. The molecule has 2 aromatic carbocycles. The molecule has 3 aromatic rings. The predicted molar refractivity (Wildman–Crippen MR) is 107 cm³/mol. The number of hydrogen-bond acceptors (Lipinski definition) is 5. The van der Waals surface area contributed by atoms with Crippen molar-refractivity contribution in [1.82, 2.24) is 15.2 Å². The molecule has 0 fully saturated rings. The summed E-state index contributed by atoms with van der Waals surface area (Å²) >= 11 is 0. The third-order valence-corrected chi connectivity index (χ3v) is 4.20. The van der Waals surface area contributed by atoms with E-state index >= 15 is 0 Å². The molecule has 1 atom stereocenters. The molecule has 5 nitrogen and oxygen atoms in total. The van der Waals surface area contributed by atoms with Gasteiger partial charge < -0.3 is 10.6 Å². The Hall–Kier alpha value is -2.95. The zero-order chi connectivity index (χ0) is 18.6. The van der Waals surface area contributed by atoms with Crippen molar-refractivity contribution in [3.05, 3.63) is 71.9 Å². The Morgan fingerprint density at radius 1 is 0.923 bits per heavy atom. The van der Waals surface area contributed by atoms with Crippen LogP contribution in [0.2, 0.25) is 0 Å². The number of aromatic nitrogens is 3. The van der Waals surface area contributed by atoms with Gasteiger partial charge in [0.1, 0.15) is 0 Å². The van der Waals surface area contributed by atoms with E-state index in [9.17, 15) is 0 Å². The molecule has 26 heavy (non-hydrogen) atoms. The van der Waals surface area contributed by atoms with E-state index in [1.54, 1.807) is 6.20 Å². The topological polar surface area (TPSA) is 62.7 Å². The van der Waals surface area contributed by atoms with Crippen molar-refractivity contribution in [2.24, 2.45) is 0 Å². The van der Waals surface area contributed by atoms with Gasteiger partial charge in [-0.1, -0.05) is 69.3 Å². The highest BCUT2D eigenvalue weighted by Gasteiger charge is 2.18. The molecule has 0 aliphatic rings. The fourth-order valence-corrected chi connectivity index (χ4v) is 2.84. The van der Waals surface area contributed by atoms with Crippen LogP contribution in [0.1, 0.15) is 44.9 Å². The molecule has 1 heterocycles. The lowest BCUT2D eigenvalue weighted by Gasteiger charge is -2.23. The summed E-state index contributed by atoms with van der Waals surface area (Å²) in [5.41, 5.74) is 3.42. The van der Waals surface area contributed by atoms with Gasteiger partial charge in [-0.3, -0.25) is 0 Å². The quantitative estimate of drug-likeness (QED) is 0.673. The Morgan fingerprint density at radius 3 is 2.35 bits per heavy atom. The number of hydrogen-bond donors (Lipinski definition) is 2. The second-order valence-corrected chi connectivity index (χ2v) is 7.36. The molecule has 2 N–H and O–H groups in total. The van der Waals surface area contributed by atoms with Crippen LogP contribution in [0.25, 0.3) is 0 Å². The highest BCUT2D eigenvalue weighted by atomic mass is 15.3. The second kappa shape index (κ2) is 7.52. The number of anilines is 3. The standard InChI is InChI=1S/C21H25N5/c1-15(16-10-6-5-7-11-16)23-19-14-22-26-20(25-19)24-18-13-9-8-12-17(18)21(2,3)4/h5-15H,1-4H3,(H2,23,24,25,26). The summed E-state index contributed by atoms with van der Waals surface area (Å²) in [5, 5.41) is 14.9. The highest BCUT2D eigenvalue weighted by Crippen LogP contribution is 2.30. The number of para-hydroxylation sites is 1. The normalized spacial score (nSPS) is 12.5. The van der Waals surface area contributed by atoms with Gasteiger partial charge in [0.15, 0.2) is 5.82 Å². The minimum Gasteiger partial charge on any atom is -0.362 e. The molecule has 0 bridgehead atoms. The molecule has 0 aliphatic carbocycles. The fourth-order valence-electron chi connectivity index (χ4n) is 2.84. The van der Waals surface area contributed by atoms with Gasteiger partial charge in [0.25, 0.3) is 0 Å². The highest BCUT2D eigenvalue weighted by molar-refractivity contribution is 5.61. The minimum atomic E-state index is 0.0225. The summed E-state index contributed by atoms with van der Waals surface area (Å²) in [6.45, 7) is 8.66. The maximum absolute atomic E-state index is 4.56. The first kappa shape index (κ1) is 17.9. The molecule has 0 amide bonds. The van der Waals surface area contributed by atoms with Gasteiger partial charge in [-0.05, 0) is 29.5 Å². The van der Waals surface area contributed by atoms with Gasteiger partial charge >= 0.3 is 0 Å². The van der Waals surface area contributed by atoms with E-state index < -0.39 is 0 Å². The molecule has 0 aliphatic heterocycles. The van der Waals surface area contributed by atoms with Crippen molar-refractivity contribution in [3.8, 4) is 0 Å². The van der Waals surface area contributed by atoms with Crippen LogP contribution < -0.4 is 10.6 Å². The van der Waals surface area contributed by atoms with E-state index in [2.05, 4.69) is 71.7 Å². The maximum atomic E-state index is 4.56. The smallest absolute Gasteiger partial charge is 0.249 e. The number of nitrogens with zero attached hydrogens (tertiary/aromatic N) is 3. The maximum Gasteiger partial charge on any atom is 0.249 e. The van der Waals surface area contributed by atoms with Crippen LogP contribution in [0.15, 0.2) is 60.8 Å². The lowest BCUT2D eigenvalue weighted by molar-refractivity contribution is 0.592. The van der Waals surface area contributed by atoms with Gasteiger partial charge in [-0.25, -0.2) is 0 Å². The number of rotatable bonds is 5. The van der Waals surface area contributed by atoms with E-state index in [0.717, 1.165) is 5.69 Å². The minimum absolute atomic E-state index is 0.0225. The lowest BCUT2D eigenvalue weighted by atomic mass is 9.86. The molecule has 134 valence electrons. The molecule has 0 saturated heterocycles. The Bertz CT molecular complexity index is 856. The van der Waals surface area contributed by atoms with E-state index in [0.29, 0.717) is 11.8 Å². The first-order valence-electron chi connectivity index (χ1n) is 8.81. The Balaban J connectivity index is 1.79. The van der Waals surface area contributed by atoms with E-state index in [4.69, 9.17) is 0 Å². The van der Waals surface area contributed by atoms with Crippen molar-refractivity contribution in [1.29, 1.82) is 0 Å². The third-order valence-electron chi connectivity index (χ3n) is 4.20. The molecule has 0 radical (unpaired) electrons. The fraction of sp³-hybridized carbons (Fsp3) is 0.286. The Morgan fingerprint density at radius 2 is 1.62 bits per heavy atom. The lowest BCUT2D eigenvalue weighted by Crippen LogP contribution is -2.14. The summed E-state index contributed by atoms with van der Waals surface area (Å²) in [6, 6.07) is 18.6. The zero-order valence-corrected chi connectivity index (χ0v) is 15.7. The monoisotopic (exact) mass is 347 g/mol. The van der Waals surface area contributed by atoms with Crippen LogP contribution in [-0.4, -0.2) is 15.2 Å². The van der Waals surface area contributed by atoms with Crippen LogP contribution in [0.5, 0.6) is 0 Å². The van der Waals surface area contributed by atoms with Crippen molar-refractivity contribution < 1.29 is 0 Å². The summed E-state index contributed by atoms with van der Waals surface area (Å²) in [7, 11) is 0. The van der Waals surface area contributed by atoms with E-state index in [-0.39, 0.29) is 11.5 Å². The predicted octanol–water partition coefficient (Wildman–Crippen LogP) is 5.09. The van der Waals surface area contributed by atoms with E-state index in [1.165, 1.54) is 11.1 Å². The SMILES string of the molecule is CC(Nc1cnnc(Nc2ccccc2C(C)(C)C)n1)c1ccccc1. The summed E-state index contributed by atoms with van der Waals surface area (Å²) in [4.78, 5) is 4.56. The molecule has 0 spiro atoms. The van der Waals surface area contributed by atoms with Gasteiger partial charge in [-0.2, -0.15) is 10.1 Å². The Kier molecular flexibility index (Phi) is 5.16. The second-order valence-electron chi connectivity index (χ2n) is 7.36. The zero-order valence-electron chi connectivity index (χ0n) is 15.7. The van der Waals surface area contributed by atoms with Crippen molar-refractivity contribution >= 4 is 17.5 Å². The molecule has 5 heteroatoms. The van der Waals surface area contributed by atoms with Gasteiger partial charge in [0, 0.05) is 11.7 Å². The summed E-state index contributed by atoms with van der Waals surface area (Å²) < 4.78 is 0. The van der Waals surface area contributed by atoms with Crippen LogP contribution in [0, 0.1) is 0 Å². The van der Waals surface area contributed by atoms with E-state index in [1.807, 2.05) is 36.4 Å². The van der Waals surface area contributed by atoms with Gasteiger partial charge in [-0.15, -0.1) is 5.10 Å². The number of nitrogens with one attached hydrogen (secondary N) is 2. The van der Waals surface area contributed by atoms with Crippen molar-refractivity contribution in [3.63, 3.8) is 0 Å². The summed E-state index contributed by atoms with van der Waals surface area (Å²) in [5.74, 6) is 1.17. The molecule has 1 unspecified atom stereocenters. The van der Waals surface area contributed by atoms with Gasteiger partial charge in [0.05, 0.1) is 6.20 Å². The van der Waals surface area contributed by atoms with Crippen LogP contribution in [-0.2, 0) is 5.41 Å². The van der Waals surface area contributed by atoms with Crippen LogP contribution in [0.4, 0.5) is 17.5 Å². The average molecular weight is 347 g/mol. The molecular formula is C21H25N5. The summed E-state index contributed by atoms with van der Waals surface area (Å²) in [6.07, 6.45) is 1.64. The molecule has 3 rings (SSSR count). The van der Waals surface area contributed by atoms with Gasteiger partial charge in [0.2, 0.25) is 5.95 Å². The van der Waals surface area contributed by atoms with Crippen LogP contribution in [0.3, 0.4) is 0 Å². The molecular weight excluding hydrogens is 322 g/mol.